The number of pyridine rings is 5. The third-order valence-corrected chi connectivity index (χ3v) is 8.22. The van der Waals surface area contributed by atoms with Crippen molar-refractivity contribution >= 4 is 27.6 Å². The van der Waals surface area contributed by atoms with E-state index in [4.69, 9.17) is 9.97 Å². The highest BCUT2D eigenvalue weighted by Gasteiger charge is 2.31. The molecule has 0 aliphatic carbocycles. The van der Waals surface area contributed by atoms with Crippen molar-refractivity contribution in [2.75, 3.05) is 0 Å². The largest absolute Gasteiger partial charge is 0.254 e. The van der Waals surface area contributed by atoms with Gasteiger partial charge in [-0.2, -0.15) is 5.10 Å². The van der Waals surface area contributed by atoms with Gasteiger partial charge < -0.3 is 0 Å². The van der Waals surface area contributed by atoms with E-state index in [1.807, 2.05) is 47.4 Å². The number of fused-ring (bicyclic) bond motifs is 3. The second-order valence-electron chi connectivity index (χ2n) is 13.7. The van der Waals surface area contributed by atoms with Crippen LogP contribution in [0.25, 0.3) is 27.6 Å². The lowest BCUT2D eigenvalue weighted by Crippen LogP contribution is -2.25. The maximum Gasteiger partial charge on any atom is 0.143 e. The fourth-order valence-electron chi connectivity index (χ4n) is 6.08. The molecule has 0 atom stereocenters. The summed E-state index contributed by atoms with van der Waals surface area (Å²) in [6.07, 6.45) is 8.34. The predicted molar refractivity (Wildman–Crippen MR) is 166 cm³/mol. The van der Waals surface area contributed by atoms with Crippen LogP contribution in [-0.4, -0.2) is 29.5 Å². The number of aromatic nitrogens is 6. The fourth-order valence-corrected chi connectivity index (χ4v) is 6.08. The zero-order valence-electron chi connectivity index (χ0n) is 25.4. The number of hydrogen-bond donors (Lipinski definition) is 0. The molecule has 0 aliphatic rings. The van der Waals surface area contributed by atoms with E-state index in [1.165, 1.54) is 17.8 Å². The minimum atomic E-state index is -0.392. The number of hydrogen-bond acceptors (Lipinski definition) is 5. The lowest BCUT2D eigenvalue weighted by molar-refractivity contribution is 0.505. The molecule has 7 heteroatoms. The highest BCUT2D eigenvalue weighted by atomic mass is 19.1. The maximum absolute atomic E-state index is 14.5. The monoisotopic (exact) mass is 560 g/mol. The molecule has 0 saturated carbocycles. The Morgan fingerprint density at radius 3 is 2.10 bits per heavy atom. The van der Waals surface area contributed by atoms with Gasteiger partial charge in [-0.25, -0.2) is 8.91 Å². The van der Waals surface area contributed by atoms with Gasteiger partial charge in [0.2, 0.25) is 0 Å². The average molecular weight is 561 g/mol. The molecule has 0 radical (unpaired) electrons. The predicted octanol–water partition coefficient (Wildman–Crippen LogP) is 7.70. The molecule has 6 aromatic heterocycles. The number of nitrogens with zero attached hydrogens (tertiary/aromatic N) is 6. The number of halogens is 1. The van der Waals surface area contributed by atoms with Crippen molar-refractivity contribution < 1.29 is 4.39 Å². The summed E-state index contributed by atoms with van der Waals surface area (Å²) in [6.45, 7) is 15.4. The molecule has 0 amide bonds. The van der Waals surface area contributed by atoms with Crippen LogP contribution in [0, 0.1) is 5.82 Å². The van der Waals surface area contributed by atoms with Crippen LogP contribution in [0.5, 0.6) is 0 Å². The summed E-state index contributed by atoms with van der Waals surface area (Å²) in [7, 11) is 0. The van der Waals surface area contributed by atoms with E-state index in [-0.39, 0.29) is 16.2 Å². The van der Waals surface area contributed by atoms with E-state index in [0.717, 1.165) is 44.6 Å². The first kappa shape index (κ1) is 27.9. The molecule has 0 aliphatic heterocycles. The molecular formula is C35H37FN6. The van der Waals surface area contributed by atoms with Gasteiger partial charge in [-0.15, -0.1) is 0 Å². The molecule has 0 fully saturated rings. The van der Waals surface area contributed by atoms with Gasteiger partial charge in [-0.05, 0) is 76.6 Å². The Bertz CT molecular complexity index is 1950. The molecule has 0 N–H and O–H groups in total. The Balaban J connectivity index is 1.44. The first-order valence-corrected chi connectivity index (χ1v) is 14.5. The molecule has 6 nitrogen and oxygen atoms in total. The summed E-state index contributed by atoms with van der Waals surface area (Å²) in [5.41, 5.74) is 8.71. The van der Waals surface area contributed by atoms with Crippen LogP contribution < -0.4 is 0 Å². The summed E-state index contributed by atoms with van der Waals surface area (Å²) >= 11 is 0. The van der Waals surface area contributed by atoms with Gasteiger partial charge in [0.25, 0.3) is 0 Å². The molecule has 0 aromatic carbocycles. The molecule has 0 unspecified atom stereocenters. The summed E-state index contributed by atoms with van der Waals surface area (Å²) in [5.74, 6) is -0.392. The van der Waals surface area contributed by atoms with Crippen molar-refractivity contribution in [2.45, 2.75) is 77.6 Å². The lowest BCUT2D eigenvalue weighted by Gasteiger charge is -2.29. The van der Waals surface area contributed by atoms with E-state index < -0.39 is 5.82 Å². The Morgan fingerprint density at radius 1 is 0.690 bits per heavy atom. The molecular weight excluding hydrogens is 523 g/mol. The second-order valence-corrected chi connectivity index (χ2v) is 13.7. The average Bonchev–Trinajstić information content (AvgIpc) is 3.36. The van der Waals surface area contributed by atoms with Crippen molar-refractivity contribution in [1.29, 1.82) is 0 Å². The van der Waals surface area contributed by atoms with Crippen LogP contribution in [0.2, 0.25) is 0 Å². The van der Waals surface area contributed by atoms with E-state index in [2.05, 4.69) is 81.7 Å². The zero-order chi connectivity index (χ0) is 29.9. The van der Waals surface area contributed by atoms with Gasteiger partial charge in [0.05, 0.1) is 40.0 Å². The smallest absolute Gasteiger partial charge is 0.143 e. The highest BCUT2D eigenvalue weighted by Crippen LogP contribution is 2.37. The molecule has 6 rings (SSSR count). The standard InChI is InChI=1S/C35H37FN6/c1-33(2,3)25-16-23(40-28-11-10-13-37-31(25)28)18-34(4,5)26-17-24(41-29-15-22(36)20-38-32(26)29)19-35(6,7)27-21-39-42-14-9-8-12-30(27)42/h8-17,20-21H,18-19H2,1-7H3. The van der Waals surface area contributed by atoms with E-state index in [9.17, 15) is 4.39 Å². The van der Waals surface area contributed by atoms with E-state index >= 15 is 0 Å². The molecule has 214 valence electrons. The SMILES string of the molecule is CC(C)(C)c1cc(CC(C)(C)c2cc(CC(C)(C)c3cnn4ccccc34)nc3cc(F)cnc23)nc2cccnc12. The Kier molecular flexibility index (Phi) is 6.59. The van der Waals surface area contributed by atoms with Crippen LogP contribution in [0.4, 0.5) is 4.39 Å². The minimum Gasteiger partial charge on any atom is -0.254 e. The van der Waals surface area contributed by atoms with Crippen molar-refractivity contribution in [3.63, 3.8) is 0 Å². The van der Waals surface area contributed by atoms with Gasteiger partial charge in [0, 0.05) is 35.4 Å². The first-order chi connectivity index (χ1) is 19.8. The van der Waals surface area contributed by atoms with Crippen molar-refractivity contribution in [1.82, 2.24) is 29.5 Å². The molecule has 6 heterocycles. The summed E-state index contributed by atoms with van der Waals surface area (Å²) < 4.78 is 16.4. The van der Waals surface area contributed by atoms with E-state index in [1.54, 1.807) is 0 Å². The maximum atomic E-state index is 14.5. The third-order valence-electron chi connectivity index (χ3n) is 8.22. The van der Waals surface area contributed by atoms with Crippen molar-refractivity contribution in [3.05, 3.63) is 107 Å². The van der Waals surface area contributed by atoms with Gasteiger partial charge in [-0.1, -0.05) is 54.5 Å². The summed E-state index contributed by atoms with van der Waals surface area (Å²) in [5, 5.41) is 4.56. The third kappa shape index (κ3) is 5.13. The fraction of sp³-hybridized carbons (Fsp3) is 0.343. The second kappa shape index (κ2) is 9.93. The molecule has 0 bridgehead atoms. The quantitative estimate of drug-likeness (QED) is 0.209. The van der Waals surface area contributed by atoms with Crippen LogP contribution >= 0.6 is 0 Å². The molecule has 0 spiro atoms. The summed E-state index contributed by atoms with van der Waals surface area (Å²) in [6, 6.07) is 15.9. The van der Waals surface area contributed by atoms with Gasteiger partial charge in [0.1, 0.15) is 5.82 Å². The van der Waals surface area contributed by atoms with Gasteiger partial charge in [0.15, 0.2) is 0 Å². The topological polar surface area (TPSA) is 68.9 Å². The van der Waals surface area contributed by atoms with Gasteiger partial charge in [-0.3, -0.25) is 19.9 Å². The Hall–Kier alpha value is -4.26. The Labute approximate surface area is 246 Å². The Morgan fingerprint density at radius 2 is 1.36 bits per heavy atom. The first-order valence-electron chi connectivity index (χ1n) is 14.5. The molecule has 6 aromatic rings. The number of rotatable bonds is 6. The summed E-state index contributed by atoms with van der Waals surface area (Å²) in [4.78, 5) is 19.2. The van der Waals surface area contributed by atoms with Crippen LogP contribution in [0.1, 0.15) is 76.5 Å². The lowest BCUT2D eigenvalue weighted by atomic mass is 9.76. The normalized spacial score (nSPS) is 13.0. The van der Waals surface area contributed by atoms with Crippen molar-refractivity contribution in [2.24, 2.45) is 0 Å². The van der Waals surface area contributed by atoms with E-state index in [0.29, 0.717) is 18.4 Å². The van der Waals surface area contributed by atoms with Crippen molar-refractivity contribution in [3.8, 4) is 0 Å². The minimum absolute atomic E-state index is 0.0895. The van der Waals surface area contributed by atoms with Crippen LogP contribution in [0.3, 0.4) is 0 Å². The highest BCUT2D eigenvalue weighted by molar-refractivity contribution is 5.80. The zero-order valence-corrected chi connectivity index (χ0v) is 25.4. The molecule has 42 heavy (non-hydrogen) atoms. The van der Waals surface area contributed by atoms with Crippen LogP contribution in [-0.2, 0) is 29.1 Å². The van der Waals surface area contributed by atoms with Gasteiger partial charge >= 0.3 is 0 Å². The molecule has 0 saturated heterocycles. The van der Waals surface area contributed by atoms with Crippen LogP contribution in [0.15, 0.2) is 73.3 Å².